The molecule has 1 N–H and O–H groups in total. The zero-order valence-corrected chi connectivity index (χ0v) is 12.0. The number of likely N-dealkylation sites (N-methyl/N-ethyl adjacent to an activating group) is 1. The average molecular weight is 267 g/mol. The number of amides is 2. The number of likely N-dealkylation sites (tertiary alicyclic amines) is 2. The maximum absolute atomic E-state index is 12.0. The molecule has 5 heteroatoms. The smallest absolute Gasteiger partial charge is 0.233 e. The third-order valence-electron chi connectivity index (χ3n) is 4.41. The van der Waals surface area contributed by atoms with Gasteiger partial charge < -0.3 is 10.2 Å². The second kappa shape index (κ2) is 6.37. The number of rotatable bonds is 4. The molecule has 2 rings (SSSR count). The van der Waals surface area contributed by atoms with Crippen molar-refractivity contribution >= 4 is 11.8 Å². The van der Waals surface area contributed by atoms with Crippen LogP contribution in [0.1, 0.15) is 39.0 Å². The fourth-order valence-electron chi connectivity index (χ4n) is 3.45. The molecule has 0 aliphatic carbocycles. The third-order valence-corrected chi connectivity index (χ3v) is 4.41. The molecule has 108 valence electrons. The van der Waals surface area contributed by atoms with Gasteiger partial charge in [0.1, 0.15) is 0 Å². The van der Waals surface area contributed by atoms with Gasteiger partial charge in [0.15, 0.2) is 0 Å². The van der Waals surface area contributed by atoms with E-state index in [1.54, 1.807) is 7.05 Å². The van der Waals surface area contributed by atoms with Crippen LogP contribution in [0.15, 0.2) is 0 Å². The minimum atomic E-state index is 0.0678. The first-order chi connectivity index (χ1) is 9.17. The van der Waals surface area contributed by atoms with Crippen LogP contribution in [-0.2, 0) is 9.59 Å². The van der Waals surface area contributed by atoms with Gasteiger partial charge in [0, 0.05) is 32.1 Å². The van der Waals surface area contributed by atoms with E-state index in [0.29, 0.717) is 25.0 Å². The van der Waals surface area contributed by atoms with Gasteiger partial charge >= 0.3 is 0 Å². The Balaban J connectivity index is 2.02. The van der Waals surface area contributed by atoms with Gasteiger partial charge in [-0.1, -0.05) is 6.92 Å². The van der Waals surface area contributed by atoms with Crippen LogP contribution in [0.3, 0.4) is 0 Å². The summed E-state index contributed by atoms with van der Waals surface area (Å²) in [5.41, 5.74) is 0. The first kappa shape index (κ1) is 14.3. The molecule has 5 nitrogen and oxygen atoms in total. The molecule has 0 bridgehead atoms. The first-order valence-electron chi connectivity index (χ1n) is 7.41. The predicted molar refractivity (Wildman–Crippen MR) is 73.7 cm³/mol. The van der Waals surface area contributed by atoms with Gasteiger partial charge in [0.25, 0.3) is 0 Å². The van der Waals surface area contributed by atoms with Crippen LogP contribution in [0.25, 0.3) is 0 Å². The maximum Gasteiger partial charge on any atom is 0.233 e. The van der Waals surface area contributed by atoms with Crippen LogP contribution in [0.2, 0.25) is 0 Å². The highest BCUT2D eigenvalue weighted by atomic mass is 16.2. The summed E-state index contributed by atoms with van der Waals surface area (Å²) in [6.45, 7) is 4.25. The van der Waals surface area contributed by atoms with Crippen molar-refractivity contribution in [3.63, 3.8) is 0 Å². The standard InChI is InChI=1S/C14H25N3O2/c1-3-14(19)17-9-5-7-12(17)11-6-4-8-16(11)10-13(18)15-2/h11-12H,3-10H2,1-2H3,(H,15,18)/t11-,12-/m0/s1. The number of hydrogen-bond donors (Lipinski definition) is 1. The lowest BCUT2D eigenvalue weighted by Gasteiger charge is -2.34. The third kappa shape index (κ3) is 3.08. The van der Waals surface area contributed by atoms with Crippen LogP contribution in [-0.4, -0.2) is 60.4 Å². The second-order valence-electron chi connectivity index (χ2n) is 5.50. The van der Waals surface area contributed by atoms with Crippen LogP contribution in [0.4, 0.5) is 0 Å². The molecule has 0 aromatic heterocycles. The van der Waals surface area contributed by atoms with Crippen molar-refractivity contribution in [2.45, 2.75) is 51.1 Å². The van der Waals surface area contributed by atoms with E-state index in [9.17, 15) is 9.59 Å². The minimum Gasteiger partial charge on any atom is -0.358 e. The molecule has 0 aromatic carbocycles. The molecule has 19 heavy (non-hydrogen) atoms. The summed E-state index contributed by atoms with van der Waals surface area (Å²) in [5.74, 6) is 0.326. The molecule has 0 saturated carbocycles. The van der Waals surface area contributed by atoms with Crippen molar-refractivity contribution in [1.29, 1.82) is 0 Å². The molecular formula is C14H25N3O2. The summed E-state index contributed by atoms with van der Waals surface area (Å²) in [6.07, 6.45) is 5.00. The summed E-state index contributed by atoms with van der Waals surface area (Å²) in [6, 6.07) is 0.690. The van der Waals surface area contributed by atoms with Crippen LogP contribution >= 0.6 is 0 Å². The zero-order valence-electron chi connectivity index (χ0n) is 12.0. The largest absolute Gasteiger partial charge is 0.358 e. The summed E-state index contributed by atoms with van der Waals surface area (Å²) >= 11 is 0. The van der Waals surface area contributed by atoms with E-state index in [-0.39, 0.29) is 11.8 Å². The zero-order chi connectivity index (χ0) is 13.8. The van der Waals surface area contributed by atoms with E-state index in [2.05, 4.69) is 10.2 Å². The van der Waals surface area contributed by atoms with Crippen molar-refractivity contribution in [2.24, 2.45) is 0 Å². The Labute approximate surface area is 115 Å². The van der Waals surface area contributed by atoms with Crippen LogP contribution in [0.5, 0.6) is 0 Å². The topological polar surface area (TPSA) is 52.7 Å². The van der Waals surface area contributed by atoms with Crippen molar-refractivity contribution in [3.05, 3.63) is 0 Å². The van der Waals surface area contributed by atoms with Gasteiger partial charge in [0.05, 0.1) is 6.54 Å². The van der Waals surface area contributed by atoms with E-state index < -0.39 is 0 Å². The number of hydrogen-bond acceptors (Lipinski definition) is 3. The van der Waals surface area contributed by atoms with Gasteiger partial charge in [-0.15, -0.1) is 0 Å². The van der Waals surface area contributed by atoms with Crippen molar-refractivity contribution in [1.82, 2.24) is 15.1 Å². The first-order valence-corrected chi connectivity index (χ1v) is 7.41. The molecule has 2 atom stereocenters. The predicted octanol–water partition coefficient (Wildman–Crippen LogP) is 0.598. The van der Waals surface area contributed by atoms with E-state index in [0.717, 1.165) is 38.8 Å². The molecule has 2 aliphatic rings. The Bertz CT molecular complexity index is 346. The molecule has 2 amide bonds. The van der Waals surface area contributed by atoms with Gasteiger partial charge in [-0.3, -0.25) is 14.5 Å². The molecule has 2 fully saturated rings. The summed E-state index contributed by atoms with van der Waals surface area (Å²) in [4.78, 5) is 27.9. The lowest BCUT2D eigenvalue weighted by molar-refractivity contribution is -0.132. The molecule has 0 aromatic rings. The maximum atomic E-state index is 12.0. The number of nitrogens with one attached hydrogen (secondary N) is 1. The fourth-order valence-corrected chi connectivity index (χ4v) is 3.45. The van der Waals surface area contributed by atoms with Gasteiger partial charge in [0.2, 0.25) is 11.8 Å². The van der Waals surface area contributed by atoms with Gasteiger partial charge in [-0.05, 0) is 32.2 Å². The monoisotopic (exact) mass is 267 g/mol. The Morgan fingerprint density at radius 3 is 2.53 bits per heavy atom. The van der Waals surface area contributed by atoms with E-state index >= 15 is 0 Å². The normalized spacial score (nSPS) is 27.8. The lowest BCUT2D eigenvalue weighted by atomic mass is 10.0. The molecule has 2 aliphatic heterocycles. The molecule has 0 spiro atoms. The number of nitrogens with zero attached hydrogens (tertiary/aromatic N) is 2. The van der Waals surface area contributed by atoms with E-state index in [1.807, 2.05) is 11.8 Å². The Hall–Kier alpha value is -1.10. The quantitative estimate of drug-likeness (QED) is 0.811. The van der Waals surface area contributed by atoms with Crippen LogP contribution < -0.4 is 5.32 Å². The van der Waals surface area contributed by atoms with E-state index in [1.165, 1.54) is 0 Å². The highest BCUT2D eigenvalue weighted by Gasteiger charge is 2.39. The molecule has 0 radical (unpaired) electrons. The lowest BCUT2D eigenvalue weighted by Crippen LogP contribution is -2.50. The van der Waals surface area contributed by atoms with Gasteiger partial charge in [-0.25, -0.2) is 0 Å². The fraction of sp³-hybridized carbons (Fsp3) is 0.857. The molecule has 2 heterocycles. The molecular weight excluding hydrogens is 242 g/mol. The van der Waals surface area contributed by atoms with Crippen molar-refractivity contribution in [3.8, 4) is 0 Å². The Morgan fingerprint density at radius 1 is 1.16 bits per heavy atom. The summed E-state index contributed by atoms with van der Waals surface area (Å²) in [5, 5.41) is 2.69. The molecule has 2 saturated heterocycles. The number of carbonyl (C=O) groups is 2. The summed E-state index contributed by atoms with van der Waals surface area (Å²) in [7, 11) is 1.68. The summed E-state index contributed by atoms with van der Waals surface area (Å²) < 4.78 is 0. The van der Waals surface area contributed by atoms with Gasteiger partial charge in [-0.2, -0.15) is 0 Å². The minimum absolute atomic E-state index is 0.0678. The van der Waals surface area contributed by atoms with E-state index in [4.69, 9.17) is 0 Å². The van der Waals surface area contributed by atoms with Crippen LogP contribution in [0, 0.1) is 0 Å². The highest BCUT2D eigenvalue weighted by Crippen LogP contribution is 2.30. The number of carbonyl (C=O) groups excluding carboxylic acids is 2. The van der Waals surface area contributed by atoms with Crippen molar-refractivity contribution in [2.75, 3.05) is 26.7 Å². The molecule has 0 unspecified atom stereocenters. The highest BCUT2D eigenvalue weighted by molar-refractivity contribution is 5.78. The average Bonchev–Trinajstić information content (AvgIpc) is 3.05. The Kier molecular flexibility index (Phi) is 4.80. The second-order valence-corrected chi connectivity index (χ2v) is 5.50. The van der Waals surface area contributed by atoms with Crippen molar-refractivity contribution < 1.29 is 9.59 Å². The SMILES string of the molecule is CCC(=O)N1CCC[C@H]1[C@@H]1CCCN1CC(=O)NC. The Morgan fingerprint density at radius 2 is 1.84 bits per heavy atom.